The molecule has 0 saturated heterocycles. The summed E-state index contributed by atoms with van der Waals surface area (Å²) in [6.45, 7) is 10.5. The molecule has 0 spiro atoms. The van der Waals surface area contributed by atoms with E-state index in [2.05, 4.69) is 33.0 Å². The molecule has 0 heterocycles. The van der Waals surface area contributed by atoms with Crippen molar-refractivity contribution in [2.75, 3.05) is 13.3 Å². The fraction of sp³-hybridized carbons (Fsp3) is 1.00. The van der Waals surface area contributed by atoms with E-state index in [1.807, 2.05) is 0 Å². The third kappa shape index (κ3) is 12.2. The summed E-state index contributed by atoms with van der Waals surface area (Å²) in [5.41, 5.74) is 0.0210. The fourth-order valence-corrected chi connectivity index (χ4v) is 1.63. The van der Waals surface area contributed by atoms with Crippen molar-refractivity contribution in [1.82, 2.24) is 5.32 Å². The number of hydrogen-bond acceptors (Lipinski definition) is 2. The molecule has 0 rings (SSSR count). The largest absolute Gasteiger partial charge is 0.360 e. The van der Waals surface area contributed by atoms with E-state index in [0.717, 1.165) is 13.0 Å². The van der Waals surface area contributed by atoms with Gasteiger partial charge in [-0.1, -0.05) is 52.4 Å². The molecular weight excluding hydrogens is 210 g/mol. The summed E-state index contributed by atoms with van der Waals surface area (Å²) in [5, 5.41) is 3.36. The molecule has 1 N–H and O–H groups in total. The molecule has 0 unspecified atom stereocenters. The zero-order valence-corrected chi connectivity index (χ0v) is 12.5. The molecule has 0 aliphatic heterocycles. The second kappa shape index (κ2) is 11.0. The molecule has 17 heavy (non-hydrogen) atoms. The van der Waals surface area contributed by atoms with Gasteiger partial charge in [0.15, 0.2) is 0 Å². The lowest BCUT2D eigenvalue weighted by molar-refractivity contribution is -0.0293. The van der Waals surface area contributed by atoms with Crippen molar-refractivity contribution in [2.24, 2.45) is 0 Å². The molecule has 2 heteroatoms. The minimum atomic E-state index is 0.0210. The van der Waals surface area contributed by atoms with Gasteiger partial charge >= 0.3 is 0 Å². The molecule has 0 bridgehead atoms. The van der Waals surface area contributed by atoms with E-state index in [9.17, 15) is 0 Å². The average molecular weight is 243 g/mol. The number of ether oxygens (including phenoxy) is 1. The Hall–Kier alpha value is -0.0800. The van der Waals surface area contributed by atoms with Crippen LogP contribution in [0.2, 0.25) is 0 Å². The van der Waals surface area contributed by atoms with Crippen LogP contribution in [-0.4, -0.2) is 18.9 Å². The first-order chi connectivity index (χ1) is 8.12. The lowest BCUT2D eigenvalue weighted by atomic mass is 10.1. The Morgan fingerprint density at radius 3 is 2.06 bits per heavy atom. The second-order valence-electron chi connectivity index (χ2n) is 5.52. The highest BCUT2D eigenvalue weighted by Gasteiger charge is 2.13. The van der Waals surface area contributed by atoms with Gasteiger partial charge < -0.3 is 4.74 Å². The van der Waals surface area contributed by atoms with Crippen LogP contribution in [0.15, 0.2) is 0 Å². The predicted molar refractivity (Wildman–Crippen MR) is 76.3 cm³/mol. The van der Waals surface area contributed by atoms with Crippen LogP contribution >= 0.6 is 0 Å². The molecule has 0 radical (unpaired) electrons. The van der Waals surface area contributed by atoms with Crippen LogP contribution in [0.5, 0.6) is 0 Å². The van der Waals surface area contributed by atoms with Crippen LogP contribution in [-0.2, 0) is 4.74 Å². The van der Waals surface area contributed by atoms with E-state index in [1.54, 1.807) is 0 Å². The van der Waals surface area contributed by atoms with Crippen molar-refractivity contribution in [3.05, 3.63) is 0 Å². The Labute approximate surface area is 109 Å². The van der Waals surface area contributed by atoms with Crippen molar-refractivity contribution >= 4 is 0 Å². The lowest BCUT2D eigenvalue weighted by Crippen LogP contribution is -2.30. The third-order valence-electron chi connectivity index (χ3n) is 3.37. The molecule has 0 aliphatic rings. The Bertz CT molecular complexity index is 157. The Kier molecular flexibility index (Phi) is 11.0. The van der Waals surface area contributed by atoms with Crippen LogP contribution in [0.4, 0.5) is 0 Å². The molecule has 0 aromatic rings. The summed E-state index contributed by atoms with van der Waals surface area (Å²) in [7, 11) is 0. The first-order valence-electron chi connectivity index (χ1n) is 7.47. The SMILES string of the molecule is CCCCCCCCCNCOC(C)(C)CC. The molecule has 0 aliphatic carbocycles. The van der Waals surface area contributed by atoms with E-state index in [0.29, 0.717) is 6.73 Å². The van der Waals surface area contributed by atoms with Gasteiger partial charge in [0.05, 0.1) is 12.3 Å². The Morgan fingerprint density at radius 1 is 0.882 bits per heavy atom. The zero-order chi connectivity index (χ0) is 13.0. The van der Waals surface area contributed by atoms with Gasteiger partial charge in [0.2, 0.25) is 0 Å². The van der Waals surface area contributed by atoms with Crippen molar-refractivity contribution in [3.8, 4) is 0 Å². The minimum absolute atomic E-state index is 0.0210. The summed E-state index contributed by atoms with van der Waals surface area (Å²) >= 11 is 0. The maximum absolute atomic E-state index is 5.73. The fourth-order valence-electron chi connectivity index (χ4n) is 1.63. The Morgan fingerprint density at radius 2 is 1.47 bits per heavy atom. The molecular formula is C15H33NO. The number of nitrogens with one attached hydrogen (secondary N) is 1. The van der Waals surface area contributed by atoms with Gasteiger partial charge in [-0.15, -0.1) is 0 Å². The van der Waals surface area contributed by atoms with E-state index < -0.39 is 0 Å². The average Bonchev–Trinajstić information content (AvgIpc) is 2.31. The topological polar surface area (TPSA) is 21.3 Å². The molecule has 0 saturated carbocycles. The number of hydrogen-bond donors (Lipinski definition) is 1. The molecule has 104 valence electrons. The highest BCUT2D eigenvalue weighted by Crippen LogP contribution is 2.12. The first kappa shape index (κ1) is 16.9. The quantitative estimate of drug-likeness (QED) is 0.403. The van der Waals surface area contributed by atoms with Crippen molar-refractivity contribution < 1.29 is 4.74 Å². The van der Waals surface area contributed by atoms with E-state index in [-0.39, 0.29) is 5.60 Å². The lowest BCUT2D eigenvalue weighted by Gasteiger charge is -2.23. The van der Waals surface area contributed by atoms with Crippen molar-refractivity contribution in [1.29, 1.82) is 0 Å². The van der Waals surface area contributed by atoms with Crippen LogP contribution in [0.1, 0.15) is 79.1 Å². The van der Waals surface area contributed by atoms with Gasteiger partial charge in [-0.3, -0.25) is 5.32 Å². The Balaban J connectivity index is 3.09. The molecule has 0 amide bonds. The van der Waals surface area contributed by atoms with E-state index in [1.165, 1.54) is 44.9 Å². The van der Waals surface area contributed by atoms with Crippen LogP contribution in [0.25, 0.3) is 0 Å². The van der Waals surface area contributed by atoms with Crippen LogP contribution in [0, 0.1) is 0 Å². The number of unbranched alkanes of at least 4 members (excludes halogenated alkanes) is 6. The van der Waals surface area contributed by atoms with Gasteiger partial charge in [-0.2, -0.15) is 0 Å². The second-order valence-corrected chi connectivity index (χ2v) is 5.52. The standard InChI is InChI=1S/C15H33NO/c1-5-7-8-9-10-11-12-13-16-14-17-15(3,4)6-2/h16H,5-14H2,1-4H3. The maximum Gasteiger partial charge on any atom is 0.0972 e. The summed E-state index contributed by atoms with van der Waals surface area (Å²) in [6, 6.07) is 0. The van der Waals surface area contributed by atoms with Gasteiger partial charge in [0, 0.05) is 0 Å². The molecule has 0 aromatic heterocycles. The minimum Gasteiger partial charge on any atom is -0.360 e. The summed E-state index contributed by atoms with van der Waals surface area (Å²) in [6.07, 6.45) is 10.7. The van der Waals surface area contributed by atoms with Crippen molar-refractivity contribution in [2.45, 2.75) is 84.7 Å². The molecule has 0 atom stereocenters. The molecule has 0 aromatic carbocycles. The normalized spacial score (nSPS) is 12.0. The van der Waals surface area contributed by atoms with Gasteiger partial charge in [0.25, 0.3) is 0 Å². The van der Waals surface area contributed by atoms with E-state index >= 15 is 0 Å². The third-order valence-corrected chi connectivity index (χ3v) is 3.37. The van der Waals surface area contributed by atoms with Crippen LogP contribution in [0.3, 0.4) is 0 Å². The number of rotatable bonds is 12. The molecule has 2 nitrogen and oxygen atoms in total. The van der Waals surface area contributed by atoms with E-state index in [4.69, 9.17) is 4.74 Å². The highest BCUT2D eigenvalue weighted by molar-refractivity contribution is 4.64. The summed E-state index contributed by atoms with van der Waals surface area (Å²) in [4.78, 5) is 0. The molecule has 0 fully saturated rings. The maximum atomic E-state index is 5.73. The summed E-state index contributed by atoms with van der Waals surface area (Å²) < 4.78 is 5.73. The first-order valence-corrected chi connectivity index (χ1v) is 7.47. The highest BCUT2D eigenvalue weighted by atomic mass is 16.5. The monoisotopic (exact) mass is 243 g/mol. The van der Waals surface area contributed by atoms with Crippen molar-refractivity contribution in [3.63, 3.8) is 0 Å². The van der Waals surface area contributed by atoms with Gasteiger partial charge in [0.1, 0.15) is 0 Å². The van der Waals surface area contributed by atoms with Gasteiger partial charge in [-0.25, -0.2) is 0 Å². The van der Waals surface area contributed by atoms with Crippen LogP contribution < -0.4 is 5.32 Å². The summed E-state index contributed by atoms with van der Waals surface area (Å²) in [5.74, 6) is 0. The van der Waals surface area contributed by atoms with Gasteiger partial charge in [-0.05, 0) is 33.2 Å². The zero-order valence-electron chi connectivity index (χ0n) is 12.5. The smallest absolute Gasteiger partial charge is 0.0972 e. The predicted octanol–water partition coefficient (Wildman–Crippen LogP) is 4.49.